The van der Waals surface area contributed by atoms with Gasteiger partial charge < -0.3 is 5.32 Å². The van der Waals surface area contributed by atoms with Crippen molar-refractivity contribution in [1.29, 1.82) is 0 Å². The number of H-pyrrole nitrogens is 1. The van der Waals surface area contributed by atoms with Crippen LogP contribution in [0.2, 0.25) is 0 Å². The molecule has 1 amide bonds. The van der Waals surface area contributed by atoms with E-state index in [1.54, 1.807) is 12.3 Å². The Balaban J connectivity index is 2.25. The molecular formula is C12H11Br2N3O. The first-order valence-electron chi connectivity index (χ1n) is 5.40. The summed E-state index contributed by atoms with van der Waals surface area (Å²) >= 11 is 6.71. The molecule has 2 aromatic rings. The lowest BCUT2D eigenvalue weighted by molar-refractivity contribution is 0.102. The highest BCUT2D eigenvalue weighted by molar-refractivity contribution is 9.11. The van der Waals surface area contributed by atoms with Crippen molar-refractivity contribution in [2.45, 2.75) is 13.3 Å². The summed E-state index contributed by atoms with van der Waals surface area (Å²) in [5.74, 6) is 0.469. The highest BCUT2D eigenvalue weighted by Gasteiger charge is 2.13. The number of nitrogens with one attached hydrogen (secondary N) is 2. The number of aromatic amines is 1. The predicted octanol–water partition coefficient (Wildman–Crippen LogP) is 3.75. The van der Waals surface area contributed by atoms with Crippen LogP contribution in [0.25, 0.3) is 0 Å². The number of amides is 1. The van der Waals surface area contributed by atoms with E-state index in [1.807, 2.05) is 19.1 Å². The zero-order valence-corrected chi connectivity index (χ0v) is 12.8. The Morgan fingerprint density at radius 2 is 2.22 bits per heavy atom. The van der Waals surface area contributed by atoms with E-state index in [1.165, 1.54) is 0 Å². The van der Waals surface area contributed by atoms with Crippen molar-refractivity contribution in [2.75, 3.05) is 5.32 Å². The highest BCUT2D eigenvalue weighted by atomic mass is 79.9. The molecular weight excluding hydrogens is 362 g/mol. The average molecular weight is 373 g/mol. The van der Waals surface area contributed by atoms with Gasteiger partial charge in [0.2, 0.25) is 0 Å². The first kappa shape index (κ1) is 13.3. The van der Waals surface area contributed by atoms with Crippen molar-refractivity contribution in [2.24, 2.45) is 0 Å². The van der Waals surface area contributed by atoms with Gasteiger partial charge in [-0.2, -0.15) is 5.10 Å². The van der Waals surface area contributed by atoms with Gasteiger partial charge in [0.15, 0.2) is 0 Å². The standard InChI is InChI=1S/C12H11Br2N3O/c1-2-7-6-15-17-11(7)16-12(18)9-5-8(13)3-4-10(9)14/h3-6H,2H2,1H3,(H2,15,16,17,18). The van der Waals surface area contributed by atoms with Crippen LogP contribution in [0.3, 0.4) is 0 Å². The van der Waals surface area contributed by atoms with E-state index in [2.05, 4.69) is 47.4 Å². The molecule has 0 aliphatic carbocycles. The van der Waals surface area contributed by atoms with Gasteiger partial charge in [0.05, 0.1) is 11.8 Å². The molecule has 1 heterocycles. The molecule has 0 bridgehead atoms. The molecule has 0 aliphatic heterocycles. The van der Waals surface area contributed by atoms with Gasteiger partial charge in [-0.15, -0.1) is 0 Å². The lowest BCUT2D eigenvalue weighted by Crippen LogP contribution is -2.14. The first-order valence-corrected chi connectivity index (χ1v) is 6.99. The van der Waals surface area contributed by atoms with Gasteiger partial charge in [-0.1, -0.05) is 22.9 Å². The molecule has 18 heavy (non-hydrogen) atoms. The van der Waals surface area contributed by atoms with Crippen LogP contribution < -0.4 is 5.32 Å². The average Bonchev–Trinajstić information content (AvgIpc) is 2.79. The van der Waals surface area contributed by atoms with E-state index in [0.29, 0.717) is 11.4 Å². The molecule has 0 aliphatic rings. The molecule has 0 unspecified atom stereocenters. The minimum Gasteiger partial charge on any atom is -0.307 e. The number of halogens is 2. The number of nitrogens with zero attached hydrogens (tertiary/aromatic N) is 1. The van der Waals surface area contributed by atoms with Crippen LogP contribution in [0, 0.1) is 0 Å². The van der Waals surface area contributed by atoms with Crippen molar-refractivity contribution in [1.82, 2.24) is 10.2 Å². The Labute approximate surface area is 121 Å². The molecule has 0 saturated carbocycles. The molecule has 0 saturated heterocycles. The van der Waals surface area contributed by atoms with Crippen LogP contribution in [-0.2, 0) is 6.42 Å². The Hall–Kier alpha value is -1.14. The fourth-order valence-electron chi connectivity index (χ4n) is 1.54. The van der Waals surface area contributed by atoms with Crippen molar-refractivity contribution in [3.8, 4) is 0 Å². The summed E-state index contributed by atoms with van der Waals surface area (Å²) in [6, 6.07) is 5.46. The normalized spacial score (nSPS) is 10.4. The number of benzene rings is 1. The molecule has 1 aromatic heterocycles. The fourth-order valence-corrected chi connectivity index (χ4v) is 2.33. The van der Waals surface area contributed by atoms with Crippen molar-refractivity contribution < 1.29 is 4.79 Å². The maximum atomic E-state index is 12.1. The third-order valence-electron chi connectivity index (χ3n) is 2.51. The zero-order valence-electron chi connectivity index (χ0n) is 9.63. The Kier molecular flexibility index (Phi) is 4.19. The van der Waals surface area contributed by atoms with Gasteiger partial charge in [-0.25, -0.2) is 0 Å². The number of hydrogen-bond acceptors (Lipinski definition) is 2. The second kappa shape index (κ2) is 5.67. The molecule has 1 aromatic carbocycles. The van der Waals surface area contributed by atoms with E-state index in [4.69, 9.17) is 0 Å². The molecule has 2 N–H and O–H groups in total. The van der Waals surface area contributed by atoms with Crippen LogP contribution in [-0.4, -0.2) is 16.1 Å². The van der Waals surface area contributed by atoms with Crippen LogP contribution in [0.15, 0.2) is 33.3 Å². The number of aromatic nitrogens is 2. The Morgan fingerprint density at radius 1 is 1.44 bits per heavy atom. The maximum Gasteiger partial charge on any atom is 0.257 e. The number of anilines is 1. The lowest BCUT2D eigenvalue weighted by atomic mass is 10.2. The molecule has 0 spiro atoms. The maximum absolute atomic E-state index is 12.1. The molecule has 94 valence electrons. The van der Waals surface area contributed by atoms with Crippen LogP contribution in [0.5, 0.6) is 0 Å². The van der Waals surface area contributed by atoms with Crippen LogP contribution >= 0.6 is 31.9 Å². The van der Waals surface area contributed by atoms with Gasteiger partial charge in [-0.3, -0.25) is 9.89 Å². The predicted molar refractivity (Wildman–Crippen MR) is 77.8 cm³/mol. The highest BCUT2D eigenvalue weighted by Crippen LogP contribution is 2.23. The first-order chi connectivity index (χ1) is 8.61. The van der Waals surface area contributed by atoms with Crippen LogP contribution in [0.4, 0.5) is 5.82 Å². The summed E-state index contributed by atoms with van der Waals surface area (Å²) in [6.45, 7) is 2.01. The molecule has 6 heteroatoms. The van der Waals surface area contributed by atoms with E-state index in [9.17, 15) is 4.79 Å². The van der Waals surface area contributed by atoms with Crippen molar-refractivity contribution >= 4 is 43.6 Å². The quantitative estimate of drug-likeness (QED) is 0.861. The number of carbonyl (C=O) groups is 1. The van der Waals surface area contributed by atoms with Gasteiger partial charge in [0.25, 0.3) is 5.91 Å². The monoisotopic (exact) mass is 371 g/mol. The largest absolute Gasteiger partial charge is 0.307 e. The van der Waals surface area contributed by atoms with E-state index < -0.39 is 0 Å². The number of aryl methyl sites for hydroxylation is 1. The van der Waals surface area contributed by atoms with Gasteiger partial charge >= 0.3 is 0 Å². The summed E-state index contributed by atoms with van der Waals surface area (Å²) in [6.07, 6.45) is 2.53. The second-order valence-corrected chi connectivity index (χ2v) is 5.47. The molecule has 4 nitrogen and oxygen atoms in total. The van der Waals surface area contributed by atoms with Gasteiger partial charge in [0, 0.05) is 14.5 Å². The molecule has 0 atom stereocenters. The summed E-state index contributed by atoms with van der Waals surface area (Å²) < 4.78 is 1.61. The number of carbonyl (C=O) groups excluding carboxylic acids is 1. The summed E-state index contributed by atoms with van der Waals surface area (Å²) in [5, 5.41) is 9.52. The topological polar surface area (TPSA) is 57.8 Å². The number of rotatable bonds is 3. The molecule has 0 fully saturated rings. The third kappa shape index (κ3) is 2.81. The molecule has 2 rings (SSSR count). The summed E-state index contributed by atoms with van der Waals surface area (Å²) in [4.78, 5) is 12.1. The van der Waals surface area contributed by atoms with E-state index in [0.717, 1.165) is 20.9 Å². The minimum absolute atomic E-state index is 0.179. The lowest BCUT2D eigenvalue weighted by Gasteiger charge is -2.07. The van der Waals surface area contributed by atoms with E-state index in [-0.39, 0.29) is 5.91 Å². The third-order valence-corrected chi connectivity index (χ3v) is 3.70. The summed E-state index contributed by atoms with van der Waals surface area (Å²) in [7, 11) is 0. The summed E-state index contributed by atoms with van der Waals surface area (Å²) in [5.41, 5.74) is 1.55. The van der Waals surface area contributed by atoms with Gasteiger partial charge in [-0.05, 0) is 40.5 Å². The van der Waals surface area contributed by atoms with Gasteiger partial charge in [0.1, 0.15) is 5.82 Å². The fraction of sp³-hybridized carbons (Fsp3) is 0.167. The zero-order chi connectivity index (χ0) is 13.1. The molecule has 0 radical (unpaired) electrons. The van der Waals surface area contributed by atoms with E-state index >= 15 is 0 Å². The van der Waals surface area contributed by atoms with Crippen molar-refractivity contribution in [3.63, 3.8) is 0 Å². The second-order valence-electron chi connectivity index (χ2n) is 3.70. The number of hydrogen-bond donors (Lipinski definition) is 2. The Bertz CT molecular complexity index is 580. The minimum atomic E-state index is -0.179. The van der Waals surface area contributed by atoms with Crippen LogP contribution in [0.1, 0.15) is 22.8 Å². The smallest absolute Gasteiger partial charge is 0.257 e. The SMILES string of the molecule is CCc1cn[nH]c1NC(=O)c1cc(Br)ccc1Br. The Morgan fingerprint density at radius 3 is 2.94 bits per heavy atom. The van der Waals surface area contributed by atoms with Crippen molar-refractivity contribution in [3.05, 3.63) is 44.5 Å².